The van der Waals surface area contributed by atoms with E-state index in [4.69, 9.17) is 5.63 Å². The normalized spacial score (nSPS) is 16.4. The number of hydrogen-bond donors (Lipinski definition) is 0. The predicted molar refractivity (Wildman–Crippen MR) is 149 cm³/mol. The van der Waals surface area contributed by atoms with E-state index in [0.717, 1.165) is 11.5 Å². The fraction of sp³-hybridized carbons (Fsp3) is 0.333. The predicted octanol–water partition coefficient (Wildman–Crippen LogP) is 9.74. The second-order valence-corrected chi connectivity index (χ2v) is 22.5. The first-order valence-corrected chi connectivity index (χ1v) is 18.7. The van der Waals surface area contributed by atoms with E-state index in [9.17, 15) is 0 Å². The molecule has 2 nitrogen and oxygen atoms in total. The van der Waals surface area contributed by atoms with Crippen LogP contribution in [0.3, 0.4) is 0 Å². The molecule has 0 bridgehead atoms. The third-order valence-corrected chi connectivity index (χ3v) is 16.9. The van der Waals surface area contributed by atoms with Gasteiger partial charge in [-0.05, 0) is 0 Å². The van der Waals surface area contributed by atoms with Gasteiger partial charge in [0.05, 0.1) is 0 Å². The van der Waals surface area contributed by atoms with Crippen LogP contribution >= 0.6 is 23.5 Å². The molecule has 2 aromatic carbocycles. The quantitative estimate of drug-likeness (QED) is 0.288. The fourth-order valence-corrected chi connectivity index (χ4v) is 14.8. The Morgan fingerprint density at radius 1 is 0.543 bits per heavy atom. The van der Waals surface area contributed by atoms with Crippen molar-refractivity contribution in [3.05, 3.63) is 97.1 Å². The zero-order chi connectivity index (χ0) is 25.1. The average molecular weight is 584 g/mol. The van der Waals surface area contributed by atoms with Crippen molar-refractivity contribution in [1.82, 2.24) is 0 Å². The van der Waals surface area contributed by atoms with Gasteiger partial charge in [-0.15, -0.1) is 0 Å². The molecule has 0 atom stereocenters. The summed E-state index contributed by atoms with van der Waals surface area (Å²) in [6, 6.07) is 17.1. The zero-order valence-electron chi connectivity index (χ0n) is 21.5. The average Bonchev–Trinajstić information content (AvgIpc) is 3.49. The third-order valence-electron chi connectivity index (χ3n) is 5.48. The summed E-state index contributed by atoms with van der Waals surface area (Å²) >= 11 is -0.165. The second-order valence-electron chi connectivity index (χ2n) is 10.9. The SMILES string of the molecule is CC(C)(C)Sc1ccc([O][Zr]([O]c2ccc(SC(C)(C)C)cc2)([CH]2C=CC=C2)[CH]2C=CC=C2)cc1. The number of thioether (sulfide) groups is 2. The molecule has 0 N–H and O–H groups in total. The molecule has 4 rings (SSSR count). The molecule has 0 saturated carbocycles. The molecule has 35 heavy (non-hydrogen) atoms. The molecule has 0 heterocycles. The van der Waals surface area contributed by atoms with E-state index >= 15 is 0 Å². The van der Waals surface area contributed by atoms with Gasteiger partial charge in [-0.2, -0.15) is 0 Å². The standard InChI is InChI=1S/2C10H14OS.2C5H5.Zr/c2*1-10(2,3)12-9-6-4-8(11)5-7-9;2*1-2-4-5-3-1;/h2*4-7,11H,1-3H3;2*1-5H;/q;;;;+2/p-2. The van der Waals surface area contributed by atoms with Crippen molar-refractivity contribution >= 4 is 23.5 Å². The first-order chi connectivity index (χ1) is 16.5. The van der Waals surface area contributed by atoms with Crippen LogP contribution < -0.4 is 5.63 Å². The molecular formula is C30H36O2S2Zr. The maximum atomic E-state index is 7.04. The van der Waals surface area contributed by atoms with Gasteiger partial charge in [-0.3, -0.25) is 0 Å². The van der Waals surface area contributed by atoms with Crippen molar-refractivity contribution in [1.29, 1.82) is 0 Å². The van der Waals surface area contributed by atoms with E-state index in [0.29, 0.717) is 0 Å². The van der Waals surface area contributed by atoms with Crippen molar-refractivity contribution < 1.29 is 26.8 Å². The van der Waals surface area contributed by atoms with Crippen molar-refractivity contribution in [2.24, 2.45) is 0 Å². The summed E-state index contributed by atoms with van der Waals surface area (Å²) in [7, 11) is 0. The molecule has 0 fully saturated rings. The monoisotopic (exact) mass is 582 g/mol. The van der Waals surface area contributed by atoms with Gasteiger partial charge < -0.3 is 0 Å². The Morgan fingerprint density at radius 2 is 0.857 bits per heavy atom. The minimum absolute atomic E-state index is 0.171. The first kappa shape index (κ1) is 26.6. The van der Waals surface area contributed by atoms with Gasteiger partial charge in [0.25, 0.3) is 0 Å². The van der Waals surface area contributed by atoms with Crippen LogP contribution in [0.4, 0.5) is 0 Å². The summed E-state index contributed by atoms with van der Waals surface area (Å²) in [5.74, 6) is 1.78. The van der Waals surface area contributed by atoms with E-state index in [2.05, 4.69) is 139 Å². The summed E-state index contributed by atoms with van der Waals surface area (Å²) in [5.41, 5.74) is 0. The molecule has 5 heteroatoms. The molecule has 2 aliphatic rings. The molecule has 0 aromatic heterocycles. The van der Waals surface area contributed by atoms with Crippen molar-refractivity contribution in [3.63, 3.8) is 0 Å². The molecule has 0 unspecified atom stereocenters. The Balaban J connectivity index is 1.66. The van der Waals surface area contributed by atoms with E-state index in [1.165, 1.54) is 9.79 Å². The Hall–Kier alpha value is -1.42. The van der Waals surface area contributed by atoms with Gasteiger partial charge in [0.15, 0.2) is 0 Å². The van der Waals surface area contributed by atoms with Crippen LogP contribution in [0.25, 0.3) is 0 Å². The Labute approximate surface area is 225 Å². The Morgan fingerprint density at radius 3 is 1.14 bits per heavy atom. The first-order valence-electron chi connectivity index (χ1n) is 12.2. The molecule has 2 aliphatic carbocycles. The summed E-state index contributed by atoms with van der Waals surface area (Å²) in [6.07, 6.45) is 17.5. The Kier molecular flexibility index (Phi) is 8.30. The van der Waals surface area contributed by atoms with Crippen LogP contribution in [0.15, 0.2) is 107 Å². The second kappa shape index (κ2) is 10.9. The molecule has 0 spiro atoms. The van der Waals surface area contributed by atoms with Crippen LogP contribution in [-0.4, -0.2) is 9.49 Å². The number of rotatable bonds is 8. The van der Waals surface area contributed by atoms with E-state index in [1.54, 1.807) is 0 Å². The van der Waals surface area contributed by atoms with Crippen LogP contribution in [0.5, 0.6) is 11.5 Å². The van der Waals surface area contributed by atoms with Gasteiger partial charge in [0, 0.05) is 0 Å². The number of allylic oxidation sites excluding steroid dienone is 8. The Bertz CT molecular complexity index is 1000. The van der Waals surface area contributed by atoms with E-state index in [1.807, 2.05) is 23.5 Å². The van der Waals surface area contributed by atoms with Crippen molar-refractivity contribution in [3.8, 4) is 11.5 Å². The molecule has 184 valence electrons. The number of hydrogen-bond acceptors (Lipinski definition) is 4. The summed E-state index contributed by atoms with van der Waals surface area (Å²) < 4.78 is 14.8. The maximum absolute atomic E-state index is 7.04. The van der Waals surface area contributed by atoms with Crippen molar-refractivity contribution in [2.75, 3.05) is 0 Å². The van der Waals surface area contributed by atoms with E-state index in [-0.39, 0.29) is 16.7 Å². The molecule has 0 aliphatic heterocycles. The topological polar surface area (TPSA) is 18.5 Å². The molecule has 0 radical (unpaired) electrons. The van der Waals surface area contributed by atoms with Crippen molar-refractivity contribution in [2.45, 2.75) is 68.1 Å². The van der Waals surface area contributed by atoms with Crippen LogP contribution in [0, 0.1) is 0 Å². The third kappa shape index (κ3) is 7.31. The molecule has 2 aromatic rings. The van der Waals surface area contributed by atoms with Crippen LogP contribution in [0.2, 0.25) is 7.25 Å². The van der Waals surface area contributed by atoms with Gasteiger partial charge in [0.2, 0.25) is 0 Å². The molecule has 0 amide bonds. The summed E-state index contributed by atoms with van der Waals surface area (Å²) in [4.78, 5) is 2.50. The minimum atomic E-state index is -3.90. The van der Waals surface area contributed by atoms with Gasteiger partial charge in [-0.25, -0.2) is 0 Å². The van der Waals surface area contributed by atoms with Crippen LogP contribution in [-0.2, 0) is 21.1 Å². The van der Waals surface area contributed by atoms with Gasteiger partial charge in [0.1, 0.15) is 0 Å². The summed E-state index contributed by atoms with van der Waals surface area (Å²) in [5, 5.41) is 0. The van der Waals surface area contributed by atoms with Crippen LogP contribution in [0.1, 0.15) is 41.5 Å². The van der Waals surface area contributed by atoms with E-state index < -0.39 is 21.1 Å². The fourth-order valence-electron chi connectivity index (χ4n) is 4.14. The summed E-state index contributed by atoms with van der Waals surface area (Å²) in [6.45, 7) is 13.4. The zero-order valence-corrected chi connectivity index (χ0v) is 25.6. The molecular weight excluding hydrogens is 548 g/mol. The van der Waals surface area contributed by atoms with Gasteiger partial charge >= 0.3 is 227 Å². The number of benzene rings is 2. The molecule has 0 saturated heterocycles. The van der Waals surface area contributed by atoms with Gasteiger partial charge in [-0.1, -0.05) is 0 Å².